The van der Waals surface area contributed by atoms with Gasteiger partial charge in [0.05, 0.1) is 32.1 Å². The Morgan fingerprint density at radius 1 is 1.40 bits per heavy atom. The molecule has 108 valence electrons. The van der Waals surface area contributed by atoms with Crippen molar-refractivity contribution in [2.75, 3.05) is 13.7 Å². The molecule has 0 saturated carbocycles. The molecule has 1 aromatic carbocycles. The summed E-state index contributed by atoms with van der Waals surface area (Å²) in [4.78, 5) is 23.0. The van der Waals surface area contributed by atoms with Crippen molar-refractivity contribution in [1.29, 1.82) is 0 Å². The first kappa shape index (κ1) is 14.4. The number of benzene rings is 1. The van der Waals surface area contributed by atoms with Crippen molar-refractivity contribution < 1.29 is 23.8 Å². The fourth-order valence-corrected chi connectivity index (χ4v) is 2.08. The third-order valence-electron chi connectivity index (χ3n) is 3.03. The second-order valence-corrected chi connectivity index (χ2v) is 5.29. The van der Waals surface area contributed by atoms with Crippen LogP contribution in [0.1, 0.15) is 37.0 Å². The summed E-state index contributed by atoms with van der Waals surface area (Å²) in [5, 5.41) is 0. The summed E-state index contributed by atoms with van der Waals surface area (Å²) in [6.45, 7) is 3.97. The van der Waals surface area contributed by atoms with E-state index in [2.05, 4.69) is 4.74 Å². The van der Waals surface area contributed by atoms with Crippen LogP contribution >= 0.6 is 0 Å². The lowest BCUT2D eigenvalue weighted by molar-refractivity contribution is -0.141. The molecule has 0 aliphatic carbocycles. The topological polar surface area (TPSA) is 61.8 Å². The number of ketones is 1. The summed E-state index contributed by atoms with van der Waals surface area (Å²) >= 11 is 0. The molecule has 1 aromatic rings. The zero-order valence-corrected chi connectivity index (χ0v) is 11.9. The third-order valence-corrected chi connectivity index (χ3v) is 3.03. The van der Waals surface area contributed by atoms with E-state index >= 15 is 0 Å². The monoisotopic (exact) mass is 278 g/mol. The minimum atomic E-state index is -0.505. The van der Waals surface area contributed by atoms with Crippen LogP contribution in [0.15, 0.2) is 18.2 Å². The molecule has 0 spiro atoms. The molecule has 20 heavy (non-hydrogen) atoms. The van der Waals surface area contributed by atoms with Crippen LogP contribution in [0.5, 0.6) is 11.5 Å². The second kappa shape index (κ2) is 5.53. The maximum absolute atomic E-state index is 12.0. The van der Waals surface area contributed by atoms with Crippen LogP contribution in [0.4, 0.5) is 0 Å². The Labute approximate surface area is 117 Å². The number of methoxy groups -OCH3 is 1. The van der Waals surface area contributed by atoms with Crippen LogP contribution in [0.25, 0.3) is 0 Å². The lowest BCUT2D eigenvalue weighted by Crippen LogP contribution is -2.35. The summed E-state index contributed by atoms with van der Waals surface area (Å²) in [5.41, 5.74) is 0.0685. The number of rotatable bonds is 4. The molecule has 0 fully saturated rings. The average molecular weight is 278 g/mol. The van der Waals surface area contributed by atoms with E-state index in [0.29, 0.717) is 23.5 Å². The van der Waals surface area contributed by atoms with Gasteiger partial charge in [-0.1, -0.05) is 0 Å². The lowest BCUT2D eigenvalue weighted by atomic mass is 9.93. The molecule has 5 heteroatoms. The molecule has 0 bridgehead atoms. The molecule has 0 amide bonds. The minimum Gasteiger partial charge on any atom is -0.493 e. The number of Topliss-reactive ketones (excluding diaryl/α,β-unsaturated/α-hetero) is 1. The van der Waals surface area contributed by atoms with Crippen molar-refractivity contribution in [3.8, 4) is 11.5 Å². The van der Waals surface area contributed by atoms with Gasteiger partial charge in [-0.25, -0.2) is 0 Å². The van der Waals surface area contributed by atoms with E-state index < -0.39 is 5.60 Å². The van der Waals surface area contributed by atoms with Crippen LogP contribution < -0.4 is 9.47 Å². The Bertz CT molecular complexity index is 533. The standard InChI is InChI=1S/C15H18O5/c1-15(2)9-12(16)11-5-4-10(8-13(11)20-15)19-7-6-14(17)18-3/h4-5,8H,6-7,9H2,1-3H3. The maximum atomic E-state index is 12.0. The van der Waals surface area contributed by atoms with Crippen LogP contribution in [0.3, 0.4) is 0 Å². The minimum absolute atomic E-state index is 0.0670. The molecular weight excluding hydrogens is 260 g/mol. The lowest BCUT2D eigenvalue weighted by Gasteiger charge is -2.31. The highest BCUT2D eigenvalue weighted by Gasteiger charge is 2.32. The Hall–Kier alpha value is -2.04. The molecule has 1 aliphatic heterocycles. The van der Waals surface area contributed by atoms with Gasteiger partial charge in [0.1, 0.15) is 17.1 Å². The summed E-state index contributed by atoms with van der Waals surface area (Å²) in [6.07, 6.45) is 0.543. The van der Waals surface area contributed by atoms with E-state index in [1.165, 1.54) is 7.11 Å². The van der Waals surface area contributed by atoms with Gasteiger partial charge >= 0.3 is 5.97 Å². The molecule has 0 saturated heterocycles. The van der Waals surface area contributed by atoms with E-state index in [1.807, 2.05) is 13.8 Å². The Morgan fingerprint density at radius 2 is 2.15 bits per heavy atom. The molecule has 0 N–H and O–H groups in total. The van der Waals surface area contributed by atoms with Gasteiger partial charge in [-0.2, -0.15) is 0 Å². The van der Waals surface area contributed by atoms with Crippen molar-refractivity contribution >= 4 is 11.8 Å². The van der Waals surface area contributed by atoms with Gasteiger partial charge in [0, 0.05) is 6.07 Å². The Kier molecular flexibility index (Phi) is 3.97. The summed E-state index contributed by atoms with van der Waals surface area (Å²) in [7, 11) is 1.34. The number of ether oxygens (including phenoxy) is 3. The highest BCUT2D eigenvalue weighted by Crippen LogP contribution is 2.35. The zero-order valence-electron chi connectivity index (χ0n) is 11.9. The third kappa shape index (κ3) is 3.29. The fraction of sp³-hybridized carbons (Fsp3) is 0.467. The molecule has 1 heterocycles. The average Bonchev–Trinajstić information content (AvgIpc) is 2.36. The van der Waals surface area contributed by atoms with Crippen molar-refractivity contribution in [3.05, 3.63) is 23.8 Å². The van der Waals surface area contributed by atoms with Crippen molar-refractivity contribution in [1.82, 2.24) is 0 Å². The Balaban J connectivity index is 2.07. The molecule has 0 unspecified atom stereocenters. The van der Waals surface area contributed by atoms with Gasteiger partial charge in [-0.15, -0.1) is 0 Å². The predicted molar refractivity (Wildman–Crippen MR) is 72.2 cm³/mol. The first-order valence-corrected chi connectivity index (χ1v) is 6.47. The summed E-state index contributed by atoms with van der Waals surface area (Å²) in [5.74, 6) is 0.841. The van der Waals surface area contributed by atoms with Crippen LogP contribution in [-0.2, 0) is 9.53 Å². The smallest absolute Gasteiger partial charge is 0.308 e. The van der Waals surface area contributed by atoms with Gasteiger partial charge in [0.15, 0.2) is 5.78 Å². The highest BCUT2D eigenvalue weighted by molar-refractivity contribution is 6.00. The number of hydrogen-bond acceptors (Lipinski definition) is 5. The first-order chi connectivity index (χ1) is 9.41. The zero-order chi connectivity index (χ0) is 14.8. The number of carbonyl (C=O) groups is 2. The van der Waals surface area contributed by atoms with Crippen molar-refractivity contribution in [3.63, 3.8) is 0 Å². The molecule has 1 aliphatic rings. The normalized spacial score (nSPS) is 16.1. The van der Waals surface area contributed by atoms with Crippen LogP contribution in [0, 0.1) is 0 Å². The number of esters is 1. The Morgan fingerprint density at radius 3 is 2.85 bits per heavy atom. The number of fused-ring (bicyclic) bond motifs is 1. The maximum Gasteiger partial charge on any atom is 0.308 e. The van der Waals surface area contributed by atoms with Crippen molar-refractivity contribution in [2.24, 2.45) is 0 Å². The quantitative estimate of drug-likeness (QED) is 0.791. The summed E-state index contributed by atoms with van der Waals surface area (Å²) < 4.78 is 15.8. The van der Waals surface area contributed by atoms with Gasteiger partial charge in [0.25, 0.3) is 0 Å². The molecule has 2 rings (SSSR count). The molecule has 0 aromatic heterocycles. The van der Waals surface area contributed by atoms with Gasteiger partial charge in [-0.3, -0.25) is 9.59 Å². The predicted octanol–water partition coefficient (Wildman–Crippen LogP) is 2.37. The number of carbonyl (C=O) groups excluding carboxylic acids is 2. The molecule has 0 radical (unpaired) electrons. The van der Waals surface area contributed by atoms with Crippen LogP contribution in [0.2, 0.25) is 0 Å². The van der Waals surface area contributed by atoms with E-state index in [0.717, 1.165) is 0 Å². The molecule has 0 atom stereocenters. The van der Waals surface area contributed by atoms with Gasteiger partial charge in [0.2, 0.25) is 0 Å². The van der Waals surface area contributed by atoms with E-state index in [9.17, 15) is 9.59 Å². The molecular formula is C15H18O5. The van der Waals surface area contributed by atoms with Gasteiger partial charge < -0.3 is 14.2 Å². The van der Waals surface area contributed by atoms with E-state index in [-0.39, 0.29) is 24.8 Å². The van der Waals surface area contributed by atoms with Gasteiger partial charge in [-0.05, 0) is 26.0 Å². The largest absolute Gasteiger partial charge is 0.493 e. The fourth-order valence-electron chi connectivity index (χ4n) is 2.08. The van der Waals surface area contributed by atoms with Crippen molar-refractivity contribution in [2.45, 2.75) is 32.3 Å². The second-order valence-electron chi connectivity index (χ2n) is 5.29. The summed E-state index contributed by atoms with van der Waals surface area (Å²) in [6, 6.07) is 5.08. The van der Waals surface area contributed by atoms with E-state index in [4.69, 9.17) is 9.47 Å². The van der Waals surface area contributed by atoms with E-state index in [1.54, 1.807) is 18.2 Å². The SMILES string of the molecule is COC(=O)CCOc1ccc2c(c1)OC(C)(C)CC2=O. The highest BCUT2D eigenvalue weighted by atomic mass is 16.5. The molecule has 5 nitrogen and oxygen atoms in total. The van der Waals surface area contributed by atoms with Crippen LogP contribution in [-0.4, -0.2) is 31.1 Å². The first-order valence-electron chi connectivity index (χ1n) is 6.47. The number of hydrogen-bond donors (Lipinski definition) is 0.